The molecule has 13 nitrogen and oxygen atoms in total. The molecule has 40 heavy (non-hydrogen) atoms. The number of likely N-dealkylation sites (tertiary alicyclic amines) is 1. The Bertz CT molecular complexity index is 1410. The van der Waals surface area contributed by atoms with Crippen LogP contribution in [0.15, 0.2) is 23.0 Å². The number of nitrogens with one attached hydrogen (secondary N) is 1. The van der Waals surface area contributed by atoms with Crippen molar-refractivity contribution in [2.45, 2.75) is 71.0 Å². The molecule has 1 fully saturated rings. The molecule has 1 aliphatic heterocycles. The number of aliphatic hydroxyl groups is 1. The van der Waals surface area contributed by atoms with Gasteiger partial charge in [0.15, 0.2) is 11.6 Å². The molecule has 0 aromatic carbocycles. The number of aromatic nitrogens is 7. The van der Waals surface area contributed by atoms with E-state index in [1.807, 2.05) is 17.8 Å². The van der Waals surface area contributed by atoms with Gasteiger partial charge in [-0.25, -0.2) is 4.98 Å². The lowest BCUT2D eigenvalue weighted by Crippen LogP contribution is -2.32. The molecule has 0 saturated carbocycles. The molecule has 5 heterocycles. The zero-order valence-electron chi connectivity index (χ0n) is 23.4. The van der Waals surface area contributed by atoms with Crippen LogP contribution in [0.25, 0.3) is 11.0 Å². The highest BCUT2D eigenvalue weighted by molar-refractivity contribution is 5.86. The van der Waals surface area contributed by atoms with Crippen LogP contribution in [0.1, 0.15) is 67.9 Å². The topological polar surface area (TPSA) is 166 Å². The smallest absolute Gasteiger partial charge is 0.240 e. The molecular weight excluding hydrogens is 512 g/mol. The Morgan fingerprint density at radius 2 is 2.00 bits per heavy atom. The van der Waals surface area contributed by atoms with Crippen molar-refractivity contribution in [1.82, 2.24) is 39.8 Å². The van der Waals surface area contributed by atoms with Gasteiger partial charge in [0.25, 0.3) is 0 Å². The maximum absolute atomic E-state index is 9.52. The molecule has 0 radical (unpaired) electrons. The van der Waals surface area contributed by atoms with Gasteiger partial charge in [-0.1, -0.05) is 18.5 Å². The van der Waals surface area contributed by atoms with Gasteiger partial charge < -0.3 is 25.4 Å². The van der Waals surface area contributed by atoms with Crippen LogP contribution in [0.4, 0.5) is 11.8 Å². The number of aryl methyl sites for hydroxylation is 1. The third-order valence-corrected chi connectivity index (χ3v) is 7.40. The van der Waals surface area contributed by atoms with Crippen LogP contribution in [0.3, 0.4) is 0 Å². The first-order valence-corrected chi connectivity index (χ1v) is 13.9. The summed E-state index contributed by atoms with van der Waals surface area (Å²) in [7, 11) is 1.68. The average Bonchev–Trinajstić information content (AvgIpc) is 3.55. The first-order valence-electron chi connectivity index (χ1n) is 13.9. The summed E-state index contributed by atoms with van der Waals surface area (Å²) in [6, 6.07) is 2.11. The number of pyridine rings is 1. The number of aliphatic hydroxyl groups excluding tert-OH is 1. The maximum Gasteiger partial charge on any atom is 0.240 e. The molecule has 4 aromatic rings. The number of nitrogens with two attached hydrogens (primary N) is 1. The summed E-state index contributed by atoms with van der Waals surface area (Å²) in [5.41, 5.74) is 9.34. The fourth-order valence-electron chi connectivity index (χ4n) is 5.38. The zero-order chi connectivity index (χ0) is 28.1. The fraction of sp³-hybridized carbons (Fsp3) is 0.556. The van der Waals surface area contributed by atoms with E-state index in [0.717, 1.165) is 61.3 Å². The second kappa shape index (κ2) is 12.6. The lowest BCUT2D eigenvalue weighted by Gasteiger charge is -2.30. The number of anilines is 2. The van der Waals surface area contributed by atoms with E-state index in [1.165, 1.54) is 0 Å². The van der Waals surface area contributed by atoms with Crippen LogP contribution in [-0.4, -0.2) is 77.7 Å². The molecule has 13 heteroatoms. The number of methoxy groups -OCH3 is 1. The minimum absolute atomic E-state index is 0.0638. The van der Waals surface area contributed by atoms with Crippen LogP contribution in [0, 0.1) is 6.92 Å². The zero-order valence-corrected chi connectivity index (χ0v) is 23.4. The summed E-state index contributed by atoms with van der Waals surface area (Å²) >= 11 is 0. The van der Waals surface area contributed by atoms with Crippen molar-refractivity contribution in [3.05, 3.63) is 41.4 Å². The molecule has 0 amide bonds. The number of nitrogens with zero attached hydrogens (tertiary/aromatic N) is 8. The van der Waals surface area contributed by atoms with Crippen molar-refractivity contribution in [2.75, 3.05) is 37.9 Å². The molecule has 0 aliphatic carbocycles. The second-order valence-electron chi connectivity index (χ2n) is 10.3. The van der Waals surface area contributed by atoms with Gasteiger partial charge in [-0.2, -0.15) is 15.1 Å². The van der Waals surface area contributed by atoms with E-state index in [1.54, 1.807) is 13.3 Å². The molecule has 4 N–H and O–H groups in total. The average molecular weight is 551 g/mol. The van der Waals surface area contributed by atoms with Crippen molar-refractivity contribution in [2.24, 2.45) is 0 Å². The second-order valence-corrected chi connectivity index (χ2v) is 10.3. The van der Waals surface area contributed by atoms with Crippen LogP contribution in [0.2, 0.25) is 0 Å². The molecule has 214 valence electrons. The number of ether oxygens (including phenoxy) is 1. The molecule has 0 unspecified atom stereocenters. The van der Waals surface area contributed by atoms with Gasteiger partial charge in [0.2, 0.25) is 11.8 Å². The number of hydrogen-bond acceptors (Lipinski definition) is 12. The number of nitrogen functional groups attached to an aromatic ring is 1. The SMILES string of the molecule is CCC[C@@H](CCO)Nc1nc(N)nc2cnn(Cc3cnc(C4CCN(Cc5nc(C)no5)CC4)cc3OC)c12. The molecule has 5 rings (SSSR count). The highest BCUT2D eigenvalue weighted by Gasteiger charge is 2.24. The number of hydrogen-bond donors (Lipinski definition) is 3. The molecule has 0 bridgehead atoms. The summed E-state index contributed by atoms with van der Waals surface area (Å²) in [6.07, 6.45) is 8.05. The summed E-state index contributed by atoms with van der Waals surface area (Å²) in [4.78, 5) is 20.4. The Labute approximate surface area is 233 Å². The minimum atomic E-state index is 0.0638. The van der Waals surface area contributed by atoms with Gasteiger partial charge in [-0.15, -0.1) is 0 Å². The minimum Gasteiger partial charge on any atom is -0.496 e. The molecule has 1 saturated heterocycles. The van der Waals surface area contributed by atoms with Gasteiger partial charge in [0.1, 0.15) is 16.8 Å². The molecule has 1 atom stereocenters. The summed E-state index contributed by atoms with van der Waals surface area (Å²) in [5.74, 6) is 3.23. The largest absolute Gasteiger partial charge is 0.496 e. The van der Waals surface area contributed by atoms with Crippen molar-refractivity contribution in [3.8, 4) is 5.75 Å². The number of piperidine rings is 1. The van der Waals surface area contributed by atoms with Crippen molar-refractivity contribution >= 4 is 22.8 Å². The summed E-state index contributed by atoms with van der Waals surface area (Å²) < 4.78 is 12.9. The fourth-order valence-corrected chi connectivity index (χ4v) is 5.38. The summed E-state index contributed by atoms with van der Waals surface area (Å²) in [5, 5.41) is 21.5. The lowest BCUT2D eigenvalue weighted by atomic mass is 9.92. The van der Waals surface area contributed by atoms with Gasteiger partial charge in [-0.05, 0) is 45.7 Å². The van der Waals surface area contributed by atoms with E-state index in [-0.39, 0.29) is 18.6 Å². The van der Waals surface area contributed by atoms with Crippen LogP contribution in [0.5, 0.6) is 5.75 Å². The number of fused-ring (bicyclic) bond motifs is 1. The monoisotopic (exact) mass is 550 g/mol. The number of rotatable bonds is 12. The normalized spacial score (nSPS) is 15.5. The van der Waals surface area contributed by atoms with Gasteiger partial charge in [0.05, 0.1) is 26.4 Å². The molecule has 1 aliphatic rings. The van der Waals surface area contributed by atoms with E-state index in [4.69, 9.17) is 20.0 Å². The quantitative estimate of drug-likeness (QED) is 0.236. The highest BCUT2D eigenvalue weighted by atomic mass is 16.5. The maximum atomic E-state index is 9.52. The van der Waals surface area contributed by atoms with E-state index < -0.39 is 0 Å². The summed E-state index contributed by atoms with van der Waals surface area (Å²) in [6.45, 7) is 7.01. The highest BCUT2D eigenvalue weighted by Crippen LogP contribution is 2.32. The van der Waals surface area contributed by atoms with E-state index in [2.05, 4.69) is 48.4 Å². The van der Waals surface area contributed by atoms with Crippen molar-refractivity contribution in [1.29, 1.82) is 0 Å². The lowest BCUT2D eigenvalue weighted by molar-refractivity contribution is 0.179. The Morgan fingerprint density at radius 3 is 2.70 bits per heavy atom. The predicted octanol–water partition coefficient (Wildman–Crippen LogP) is 2.89. The molecule has 4 aromatic heterocycles. The van der Waals surface area contributed by atoms with Crippen molar-refractivity contribution in [3.63, 3.8) is 0 Å². The third kappa shape index (κ3) is 6.31. The van der Waals surface area contributed by atoms with Crippen LogP contribution in [-0.2, 0) is 13.1 Å². The molecular formula is C27H38N10O3. The van der Waals surface area contributed by atoms with Crippen LogP contribution >= 0.6 is 0 Å². The first kappa shape index (κ1) is 27.7. The Hall–Kier alpha value is -3.84. The molecule has 0 spiro atoms. The Kier molecular flexibility index (Phi) is 8.70. The van der Waals surface area contributed by atoms with Gasteiger partial charge >= 0.3 is 0 Å². The predicted molar refractivity (Wildman–Crippen MR) is 150 cm³/mol. The van der Waals surface area contributed by atoms with Crippen LogP contribution < -0.4 is 15.8 Å². The Morgan fingerprint density at radius 1 is 1.18 bits per heavy atom. The van der Waals surface area contributed by atoms with Crippen molar-refractivity contribution < 1.29 is 14.4 Å². The van der Waals surface area contributed by atoms with E-state index >= 15 is 0 Å². The van der Waals surface area contributed by atoms with Gasteiger partial charge in [-0.3, -0.25) is 14.6 Å². The van der Waals surface area contributed by atoms with E-state index in [0.29, 0.717) is 48.5 Å². The first-order chi connectivity index (χ1) is 19.5. The third-order valence-electron chi connectivity index (χ3n) is 7.40. The standard InChI is InChI=1S/C27H38N10O3/c1-4-5-20(8-11-38)32-26-25-22(33-27(28)34-26)14-30-37(25)15-19-13-29-21(12-23(19)39-3)18-6-9-36(10-7-18)16-24-31-17(2)35-40-24/h12-14,18,20,38H,4-11,15-16H2,1-3H3,(H3,28,32,33,34)/t20-/m0/s1. The Balaban J connectivity index is 1.32. The van der Waals surface area contributed by atoms with Gasteiger partial charge in [0, 0.05) is 42.1 Å². The van der Waals surface area contributed by atoms with E-state index in [9.17, 15) is 5.11 Å².